The Morgan fingerprint density at radius 3 is 3.00 bits per heavy atom. The van der Waals surface area contributed by atoms with Crippen LogP contribution in [0.3, 0.4) is 0 Å². The van der Waals surface area contributed by atoms with E-state index in [9.17, 15) is 0 Å². The van der Waals surface area contributed by atoms with E-state index in [1.54, 1.807) is 0 Å². The van der Waals surface area contributed by atoms with Crippen LogP contribution >= 0.6 is 0 Å². The Kier molecular flexibility index (Phi) is 1.99. The molecule has 15 heavy (non-hydrogen) atoms. The van der Waals surface area contributed by atoms with Gasteiger partial charge < -0.3 is 10.7 Å². The van der Waals surface area contributed by atoms with Gasteiger partial charge in [0.05, 0.1) is 11.0 Å². The molecule has 2 aromatic heterocycles. The summed E-state index contributed by atoms with van der Waals surface area (Å²) in [5.74, 6) is 0.692. The zero-order valence-electron chi connectivity index (χ0n) is 8.66. The predicted molar refractivity (Wildman–Crippen MR) is 60.6 cm³/mol. The third kappa shape index (κ3) is 1.27. The maximum absolute atomic E-state index is 5.82. The van der Waals surface area contributed by atoms with Crippen molar-refractivity contribution in [3.8, 4) is 0 Å². The molecule has 0 aromatic carbocycles. The smallest absolute Gasteiger partial charge is 0.0926 e. The van der Waals surface area contributed by atoms with E-state index in [0.717, 1.165) is 11.0 Å². The van der Waals surface area contributed by atoms with Gasteiger partial charge in [0.1, 0.15) is 0 Å². The molecule has 0 bridgehead atoms. The quantitative estimate of drug-likeness (QED) is 0.783. The first kappa shape index (κ1) is 8.92. The summed E-state index contributed by atoms with van der Waals surface area (Å²) in [7, 11) is 0. The van der Waals surface area contributed by atoms with E-state index >= 15 is 0 Å². The molecule has 0 amide bonds. The van der Waals surface area contributed by atoms with Crippen molar-refractivity contribution in [2.75, 3.05) is 0 Å². The molecule has 2 aromatic rings. The summed E-state index contributed by atoms with van der Waals surface area (Å²) in [6.45, 7) is 0.586. The normalized spacial score (nSPS) is 16.9. The maximum atomic E-state index is 5.82. The van der Waals surface area contributed by atoms with E-state index < -0.39 is 0 Å². The fraction of sp³-hybridized carbons (Fsp3) is 0.417. The summed E-state index contributed by atoms with van der Waals surface area (Å²) < 4.78 is 0. The lowest BCUT2D eigenvalue weighted by Gasteiger charge is -2.25. The highest BCUT2D eigenvalue weighted by Crippen LogP contribution is 2.39. The molecule has 0 unspecified atom stereocenters. The molecule has 3 nitrogen and oxygen atoms in total. The lowest BCUT2D eigenvalue weighted by Crippen LogP contribution is -2.12. The second-order valence-corrected chi connectivity index (χ2v) is 4.25. The molecule has 0 radical (unpaired) electrons. The summed E-state index contributed by atoms with van der Waals surface area (Å²) in [6, 6.07) is 4.04. The Bertz CT molecular complexity index is 483. The van der Waals surface area contributed by atoms with E-state index in [0.29, 0.717) is 12.5 Å². The lowest BCUT2D eigenvalue weighted by molar-refractivity contribution is 0.410. The van der Waals surface area contributed by atoms with Gasteiger partial charge in [0.15, 0.2) is 0 Å². The third-order valence-electron chi connectivity index (χ3n) is 3.41. The summed E-state index contributed by atoms with van der Waals surface area (Å²) in [5.41, 5.74) is 10.5. The van der Waals surface area contributed by atoms with E-state index in [2.05, 4.69) is 16.0 Å². The van der Waals surface area contributed by atoms with Crippen LogP contribution in [0.25, 0.3) is 11.0 Å². The lowest BCUT2D eigenvalue weighted by atomic mass is 9.81. The van der Waals surface area contributed by atoms with Crippen LogP contribution in [0.1, 0.15) is 36.4 Å². The van der Waals surface area contributed by atoms with Crippen LogP contribution in [-0.2, 0) is 6.54 Å². The van der Waals surface area contributed by atoms with Crippen LogP contribution in [0.4, 0.5) is 0 Å². The highest BCUT2D eigenvalue weighted by molar-refractivity contribution is 5.80. The largest absolute Gasteiger partial charge is 0.357 e. The van der Waals surface area contributed by atoms with Crippen molar-refractivity contribution in [3.05, 3.63) is 29.6 Å². The van der Waals surface area contributed by atoms with Gasteiger partial charge in [-0.25, -0.2) is 0 Å². The molecule has 3 N–H and O–H groups in total. The number of nitrogens with one attached hydrogen (secondary N) is 1. The second-order valence-electron chi connectivity index (χ2n) is 4.25. The van der Waals surface area contributed by atoms with Crippen LogP contribution in [0, 0.1) is 0 Å². The van der Waals surface area contributed by atoms with Gasteiger partial charge in [-0.15, -0.1) is 0 Å². The van der Waals surface area contributed by atoms with Gasteiger partial charge in [0.2, 0.25) is 0 Å². The Morgan fingerprint density at radius 1 is 1.47 bits per heavy atom. The molecule has 2 heterocycles. The monoisotopic (exact) mass is 201 g/mol. The van der Waals surface area contributed by atoms with Crippen molar-refractivity contribution in [2.24, 2.45) is 5.73 Å². The Balaban J connectivity index is 2.19. The van der Waals surface area contributed by atoms with Gasteiger partial charge in [-0.2, -0.15) is 0 Å². The fourth-order valence-electron chi connectivity index (χ4n) is 2.35. The highest BCUT2D eigenvalue weighted by Gasteiger charge is 2.24. The SMILES string of the molecule is NCc1c(C2CCC2)[nH]c2cccnc12. The summed E-state index contributed by atoms with van der Waals surface area (Å²) in [5, 5.41) is 0. The second kappa shape index (κ2) is 3.35. The molecular weight excluding hydrogens is 186 g/mol. The van der Waals surface area contributed by atoms with Crippen LogP contribution in [-0.4, -0.2) is 9.97 Å². The Labute approximate surface area is 88.7 Å². The number of hydrogen-bond acceptors (Lipinski definition) is 2. The topological polar surface area (TPSA) is 54.7 Å². The number of rotatable bonds is 2. The fourth-order valence-corrected chi connectivity index (χ4v) is 2.35. The molecule has 3 heteroatoms. The molecule has 1 aliphatic carbocycles. The van der Waals surface area contributed by atoms with Crippen LogP contribution < -0.4 is 5.73 Å². The summed E-state index contributed by atoms with van der Waals surface area (Å²) in [6.07, 6.45) is 5.76. The molecule has 1 aliphatic rings. The van der Waals surface area contributed by atoms with Crippen molar-refractivity contribution >= 4 is 11.0 Å². The minimum atomic E-state index is 0.586. The van der Waals surface area contributed by atoms with Crippen LogP contribution in [0.5, 0.6) is 0 Å². The molecular formula is C12H15N3. The Morgan fingerprint density at radius 2 is 2.33 bits per heavy atom. The number of aromatic amines is 1. The number of nitrogens with zero attached hydrogens (tertiary/aromatic N) is 1. The van der Waals surface area contributed by atoms with Crippen molar-refractivity contribution in [3.63, 3.8) is 0 Å². The minimum Gasteiger partial charge on any atom is -0.357 e. The molecule has 0 aliphatic heterocycles. The summed E-state index contributed by atoms with van der Waals surface area (Å²) in [4.78, 5) is 7.88. The van der Waals surface area contributed by atoms with Crippen molar-refractivity contribution in [2.45, 2.75) is 31.7 Å². The first-order valence-corrected chi connectivity index (χ1v) is 5.55. The molecule has 1 fully saturated rings. The van der Waals surface area contributed by atoms with Gasteiger partial charge in [0, 0.05) is 24.0 Å². The average molecular weight is 201 g/mol. The first-order valence-electron chi connectivity index (χ1n) is 5.55. The van der Waals surface area contributed by atoms with E-state index in [1.165, 1.54) is 30.5 Å². The van der Waals surface area contributed by atoms with Gasteiger partial charge in [-0.3, -0.25) is 4.98 Å². The van der Waals surface area contributed by atoms with Gasteiger partial charge in [-0.05, 0) is 30.9 Å². The minimum absolute atomic E-state index is 0.586. The van der Waals surface area contributed by atoms with Gasteiger partial charge >= 0.3 is 0 Å². The molecule has 78 valence electrons. The van der Waals surface area contributed by atoms with Gasteiger partial charge in [0.25, 0.3) is 0 Å². The van der Waals surface area contributed by atoms with E-state index in [1.807, 2.05) is 12.3 Å². The molecule has 0 spiro atoms. The number of aromatic nitrogens is 2. The zero-order chi connectivity index (χ0) is 10.3. The van der Waals surface area contributed by atoms with E-state index in [4.69, 9.17) is 5.73 Å². The third-order valence-corrected chi connectivity index (χ3v) is 3.41. The Hall–Kier alpha value is -1.35. The van der Waals surface area contributed by atoms with Crippen LogP contribution in [0.15, 0.2) is 18.3 Å². The maximum Gasteiger partial charge on any atom is 0.0926 e. The number of nitrogens with two attached hydrogens (primary N) is 1. The number of pyridine rings is 1. The first-order chi connectivity index (χ1) is 7.40. The van der Waals surface area contributed by atoms with Crippen molar-refractivity contribution < 1.29 is 0 Å². The van der Waals surface area contributed by atoms with Crippen molar-refractivity contribution in [1.29, 1.82) is 0 Å². The average Bonchev–Trinajstić information content (AvgIpc) is 2.53. The van der Waals surface area contributed by atoms with Crippen LogP contribution in [0.2, 0.25) is 0 Å². The number of fused-ring (bicyclic) bond motifs is 1. The molecule has 3 rings (SSSR count). The van der Waals surface area contributed by atoms with Gasteiger partial charge in [-0.1, -0.05) is 6.42 Å². The molecule has 0 atom stereocenters. The molecule has 0 saturated heterocycles. The number of hydrogen-bond donors (Lipinski definition) is 2. The number of H-pyrrole nitrogens is 1. The van der Waals surface area contributed by atoms with E-state index in [-0.39, 0.29) is 0 Å². The standard InChI is InChI=1S/C12H15N3/c13-7-9-11(8-3-1-4-8)15-10-5-2-6-14-12(9)10/h2,5-6,8,15H,1,3-4,7,13H2. The summed E-state index contributed by atoms with van der Waals surface area (Å²) >= 11 is 0. The highest BCUT2D eigenvalue weighted by atomic mass is 14.8. The zero-order valence-corrected chi connectivity index (χ0v) is 8.66. The van der Waals surface area contributed by atoms with Crippen molar-refractivity contribution in [1.82, 2.24) is 9.97 Å². The molecule has 1 saturated carbocycles. The predicted octanol–water partition coefficient (Wildman–Crippen LogP) is 2.29.